The predicted molar refractivity (Wildman–Crippen MR) is 115 cm³/mol. The van der Waals surface area contributed by atoms with Crippen LogP contribution >= 0.6 is 12.6 Å². The molecule has 0 bridgehead atoms. The molecular weight excluding hydrogens is 354 g/mol. The summed E-state index contributed by atoms with van der Waals surface area (Å²) in [6, 6.07) is 0.463. The summed E-state index contributed by atoms with van der Waals surface area (Å²) >= 11 is 4.55. The van der Waals surface area contributed by atoms with Gasteiger partial charge in [-0.1, -0.05) is 32.4 Å². The van der Waals surface area contributed by atoms with Crippen LogP contribution in [0.5, 0.6) is 0 Å². The van der Waals surface area contributed by atoms with E-state index in [2.05, 4.69) is 50.1 Å². The third-order valence-electron chi connectivity index (χ3n) is 6.62. The van der Waals surface area contributed by atoms with Crippen LogP contribution in [0.25, 0.3) is 0 Å². The Morgan fingerprint density at radius 2 is 1.67 bits per heavy atom. The second kappa shape index (κ2) is 9.19. The zero-order valence-corrected chi connectivity index (χ0v) is 18.3. The van der Waals surface area contributed by atoms with E-state index in [4.69, 9.17) is 9.47 Å². The molecule has 1 spiro atoms. The number of thiol groups is 1. The first-order chi connectivity index (χ1) is 12.9. The van der Waals surface area contributed by atoms with Crippen LogP contribution in [0.15, 0.2) is 35.0 Å². The van der Waals surface area contributed by atoms with Crippen LogP contribution in [0, 0.1) is 11.8 Å². The van der Waals surface area contributed by atoms with Gasteiger partial charge in [0.25, 0.3) is 0 Å². The fourth-order valence-electron chi connectivity index (χ4n) is 4.99. The highest BCUT2D eigenvalue weighted by molar-refractivity contribution is 7.84. The molecule has 1 aliphatic heterocycles. The molecule has 3 fully saturated rings. The topological polar surface area (TPSA) is 21.7 Å². The zero-order valence-electron chi connectivity index (χ0n) is 17.4. The van der Waals surface area contributed by atoms with Crippen molar-refractivity contribution in [3.05, 3.63) is 35.0 Å². The van der Waals surface area contributed by atoms with Crippen molar-refractivity contribution in [1.29, 1.82) is 0 Å². The number of rotatable bonds is 5. The molecule has 152 valence electrons. The second-order valence-corrected chi connectivity index (χ2v) is 9.36. The van der Waals surface area contributed by atoms with Gasteiger partial charge in [-0.25, -0.2) is 0 Å². The highest BCUT2D eigenvalue weighted by Crippen LogP contribution is 2.42. The van der Waals surface area contributed by atoms with Gasteiger partial charge in [-0.15, -0.1) is 12.6 Å². The molecule has 0 unspecified atom stereocenters. The van der Waals surface area contributed by atoms with E-state index in [-0.39, 0.29) is 5.79 Å². The van der Waals surface area contributed by atoms with E-state index < -0.39 is 0 Å². The molecule has 3 aliphatic rings. The molecule has 2 aliphatic carbocycles. The van der Waals surface area contributed by atoms with Crippen LogP contribution in [0.3, 0.4) is 0 Å². The van der Waals surface area contributed by atoms with Crippen LogP contribution in [0.4, 0.5) is 0 Å². The Labute approximate surface area is 171 Å². The van der Waals surface area contributed by atoms with Crippen molar-refractivity contribution in [3.63, 3.8) is 0 Å². The maximum absolute atomic E-state index is 5.95. The lowest BCUT2D eigenvalue weighted by atomic mass is 9.80. The van der Waals surface area contributed by atoms with E-state index in [0.717, 1.165) is 49.7 Å². The van der Waals surface area contributed by atoms with Gasteiger partial charge in [0.15, 0.2) is 5.79 Å². The minimum absolute atomic E-state index is 0.310. The molecule has 3 nitrogen and oxygen atoms in total. The van der Waals surface area contributed by atoms with Crippen molar-refractivity contribution < 1.29 is 9.47 Å². The first-order valence-electron chi connectivity index (χ1n) is 10.7. The summed E-state index contributed by atoms with van der Waals surface area (Å²) in [5.74, 6) is 1.14. The summed E-state index contributed by atoms with van der Waals surface area (Å²) in [5, 5.41) is 0. The molecule has 0 radical (unpaired) electrons. The van der Waals surface area contributed by atoms with Gasteiger partial charge < -0.3 is 14.4 Å². The van der Waals surface area contributed by atoms with E-state index in [1.165, 1.54) is 37.1 Å². The second-order valence-electron chi connectivity index (χ2n) is 8.66. The Morgan fingerprint density at radius 1 is 1.07 bits per heavy atom. The van der Waals surface area contributed by atoms with E-state index in [1.807, 2.05) is 6.92 Å². The van der Waals surface area contributed by atoms with Crippen LogP contribution in [-0.4, -0.2) is 29.9 Å². The molecule has 27 heavy (non-hydrogen) atoms. The molecule has 3 rings (SSSR count). The van der Waals surface area contributed by atoms with E-state index in [0.29, 0.717) is 12.0 Å². The Balaban J connectivity index is 1.77. The van der Waals surface area contributed by atoms with Crippen LogP contribution < -0.4 is 0 Å². The molecule has 0 aromatic carbocycles. The van der Waals surface area contributed by atoms with Gasteiger partial charge in [0.1, 0.15) is 0 Å². The molecular formula is C23H37NO2S. The summed E-state index contributed by atoms with van der Waals surface area (Å²) in [6.07, 6.45) is 13.7. The third-order valence-corrected chi connectivity index (χ3v) is 6.75. The molecule has 0 aromatic heterocycles. The van der Waals surface area contributed by atoms with Crippen LogP contribution in [-0.2, 0) is 9.47 Å². The van der Waals surface area contributed by atoms with Gasteiger partial charge in [0.05, 0.1) is 13.2 Å². The van der Waals surface area contributed by atoms with E-state index >= 15 is 0 Å². The number of allylic oxidation sites excluding steroid dienone is 4. The van der Waals surface area contributed by atoms with Crippen molar-refractivity contribution in [2.24, 2.45) is 11.8 Å². The SMILES string of the molecule is C=C(C1CCC(C)CC1)N(C(/C=C(/C)S)=C\C)C1CCC2(CC1)OCCO2. The molecule has 1 heterocycles. The maximum atomic E-state index is 5.95. The quantitative estimate of drug-likeness (QED) is 0.455. The average molecular weight is 392 g/mol. The van der Waals surface area contributed by atoms with Gasteiger partial charge in [-0.3, -0.25) is 0 Å². The fourth-order valence-corrected chi connectivity index (χ4v) is 5.13. The van der Waals surface area contributed by atoms with Gasteiger partial charge in [-0.2, -0.15) is 0 Å². The highest BCUT2D eigenvalue weighted by Gasteiger charge is 2.42. The van der Waals surface area contributed by atoms with Gasteiger partial charge in [0, 0.05) is 30.3 Å². The van der Waals surface area contributed by atoms with E-state index in [9.17, 15) is 0 Å². The summed E-state index contributed by atoms with van der Waals surface area (Å²) in [4.78, 5) is 3.57. The Kier molecular flexibility index (Phi) is 7.15. The summed E-state index contributed by atoms with van der Waals surface area (Å²) in [7, 11) is 0. The number of hydrogen-bond donors (Lipinski definition) is 1. The van der Waals surface area contributed by atoms with Crippen molar-refractivity contribution in [2.75, 3.05) is 13.2 Å². The summed E-state index contributed by atoms with van der Waals surface area (Å²) in [5.41, 5.74) is 2.54. The molecule has 0 atom stereocenters. The van der Waals surface area contributed by atoms with E-state index in [1.54, 1.807) is 0 Å². The molecule has 0 amide bonds. The largest absolute Gasteiger partial charge is 0.348 e. The maximum Gasteiger partial charge on any atom is 0.168 e. The molecule has 0 N–H and O–H groups in total. The van der Waals surface area contributed by atoms with Gasteiger partial charge >= 0.3 is 0 Å². The minimum atomic E-state index is -0.310. The predicted octanol–water partition coefficient (Wildman–Crippen LogP) is 6.05. The van der Waals surface area contributed by atoms with Crippen molar-refractivity contribution in [1.82, 2.24) is 4.90 Å². The Hall–Kier alpha value is -0.710. The lowest BCUT2D eigenvalue weighted by Crippen LogP contribution is -2.44. The van der Waals surface area contributed by atoms with Gasteiger partial charge in [0.2, 0.25) is 0 Å². The standard InChI is InChI=1S/C23H37NO2S/c1-5-21(16-18(3)27)24(19(4)20-8-6-17(2)7-9-20)22-10-12-23(13-11-22)25-14-15-26-23/h5,16-17,20,22,27H,4,6-15H2,1-3H3/b18-16-,21-5-. The Morgan fingerprint density at radius 3 is 2.19 bits per heavy atom. The summed E-state index contributed by atoms with van der Waals surface area (Å²) < 4.78 is 11.9. The minimum Gasteiger partial charge on any atom is -0.348 e. The zero-order chi connectivity index (χ0) is 19.4. The molecule has 0 aromatic rings. The smallest absolute Gasteiger partial charge is 0.168 e. The highest BCUT2D eigenvalue weighted by atomic mass is 32.1. The first kappa shape index (κ1) is 21.0. The first-order valence-corrected chi connectivity index (χ1v) is 11.2. The third kappa shape index (κ3) is 5.02. The van der Waals surface area contributed by atoms with Gasteiger partial charge in [-0.05, 0) is 62.3 Å². The normalized spacial score (nSPS) is 29.9. The molecule has 1 saturated heterocycles. The monoisotopic (exact) mass is 391 g/mol. The lowest BCUT2D eigenvalue weighted by molar-refractivity contribution is -0.182. The molecule has 4 heteroatoms. The lowest BCUT2D eigenvalue weighted by Gasteiger charge is -2.45. The van der Waals surface area contributed by atoms with Crippen LogP contribution in [0.1, 0.15) is 72.1 Å². The van der Waals surface area contributed by atoms with Crippen LogP contribution in [0.2, 0.25) is 0 Å². The Bertz CT molecular complexity index is 569. The van der Waals surface area contributed by atoms with Crippen molar-refractivity contribution in [2.45, 2.75) is 84.0 Å². The number of hydrogen-bond acceptors (Lipinski definition) is 4. The van der Waals surface area contributed by atoms with Crippen molar-refractivity contribution in [3.8, 4) is 0 Å². The fraction of sp³-hybridized carbons (Fsp3) is 0.739. The number of nitrogens with zero attached hydrogens (tertiary/aromatic N) is 1. The van der Waals surface area contributed by atoms with Crippen molar-refractivity contribution >= 4 is 12.6 Å². The average Bonchev–Trinajstić information content (AvgIpc) is 3.11. The number of ether oxygens (including phenoxy) is 2. The molecule has 2 saturated carbocycles. The summed E-state index contributed by atoms with van der Waals surface area (Å²) in [6.45, 7) is 12.6.